The number of rotatable bonds is 4. The fraction of sp³-hybridized carbons (Fsp3) is 0.176. The third-order valence-corrected chi connectivity index (χ3v) is 3.67. The van der Waals surface area contributed by atoms with E-state index >= 15 is 0 Å². The molecule has 2 rings (SSSR count). The lowest BCUT2D eigenvalue weighted by atomic mass is 10.2. The van der Waals surface area contributed by atoms with E-state index < -0.39 is 12.1 Å². The molecular formula is C17H16INO3. The van der Waals surface area contributed by atoms with Crippen LogP contribution in [0.4, 0.5) is 5.69 Å². The van der Waals surface area contributed by atoms with Gasteiger partial charge in [-0.1, -0.05) is 18.2 Å². The third-order valence-electron chi connectivity index (χ3n) is 3.00. The number of esters is 1. The zero-order valence-corrected chi connectivity index (χ0v) is 14.5. The van der Waals surface area contributed by atoms with Gasteiger partial charge in [-0.25, -0.2) is 4.79 Å². The summed E-state index contributed by atoms with van der Waals surface area (Å²) in [7, 11) is 0. The van der Waals surface area contributed by atoms with E-state index in [1.165, 1.54) is 0 Å². The minimum atomic E-state index is -0.870. The molecule has 1 amide bonds. The molecule has 0 saturated carbocycles. The second-order valence-corrected chi connectivity index (χ2v) is 6.16. The molecule has 2 aromatic rings. The number of hydrogen-bond acceptors (Lipinski definition) is 3. The van der Waals surface area contributed by atoms with Crippen molar-refractivity contribution in [2.45, 2.75) is 20.0 Å². The van der Waals surface area contributed by atoms with Gasteiger partial charge < -0.3 is 10.1 Å². The van der Waals surface area contributed by atoms with E-state index in [4.69, 9.17) is 4.74 Å². The molecule has 114 valence electrons. The number of amides is 1. The minimum Gasteiger partial charge on any atom is -0.449 e. The number of ether oxygens (including phenoxy) is 1. The van der Waals surface area contributed by atoms with Gasteiger partial charge in [0.1, 0.15) is 0 Å². The van der Waals surface area contributed by atoms with Crippen molar-refractivity contribution in [3.05, 3.63) is 63.2 Å². The molecule has 0 heterocycles. The van der Waals surface area contributed by atoms with Gasteiger partial charge in [-0.05, 0) is 72.3 Å². The third kappa shape index (κ3) is 4.56. The lowest BCUT2D eigenvalue weighted by Crippen LogP contribution is -2.30. The first-order valence-electron chi connectivity index (χ1n) is 6.80. The zero-order chi connectivity index (χ0) is 16.1. The van der Waals surface area contributed by atoms with E-state index in [0.717, 1.165) is 9.13 Å². The summed E-state index contributed by atoms with van der Waals surface area (Å²) in [6.45, 7) is 3.49. The fourth-order valence-corrected chi connectivity index (χ4v) is 2.41. The van der Waals surface area contributed by atoms with Crippen LogP contribution in [0.3, 0.4) is 0 Å². The van der Waals surface area contributed by atoms with E-state index in [9.17, 15) is 9.59 Å². The van der Waals surface area contributed by atoms with Crippen LogP contribution in [0.15, 0.2) is 48.5 Å². The Hall–Kier alpha value is -1.89. The van der Waals surface area contributed by atoms with E-state index in [0.29, 0.717) is 11.3 Å². The summed E-state index contributed by atoms with van der Waals surface area (Å²) < 4.78 is 6.14. The predicted molar refractivity (Wildman–Crippen MR) is 93.8 cm³/mol. The summed E-state index contributed by atoms with van der Waals surface area (Å²) in [6, 6.07) is 14.5. The van der Waals surface area contributed by atoms with Crippen molar-refractivity contribution in [1.29, 1.82) is 0 Å². The number of benzene rings is 2. The molecule has 0 aromatic heterocycles. The van der Waals surface area contributed by atoms with Gasteiger partial charge in [-0.2, -0.15) is 0 Å². The molecule has 0 unspecified atom stereocenters. The normalized spacial score (nSPS) is 11.6. The van der Waals surface area contributed by atoms with Gasteiger partial charge in [0.25, 0.3) is 5.91 Å². The average Bonchev–Trinajstić information content (AvgIpc) is 2.47. The first-order chi connectivity index (χ1) is 10.5. The average molecular weight is 409 g/mol. The van der Waals surface area contributed by atoms with E-state index in [2.05, 4.69) is 27.9 Å². The van der Waals surface area contributed by atoms with Crippen molar-refractivity contribution in [2.24, 2.45) is 0 Å². The Kier molecular flexibility index (Phi) is 5.54. The van der Waals surface area contributed by atoms with E-state index in [1.54, 1.807) is 31.2 Å². The number of anilines is 1. The van der Waals surface area contributed by atoms with E-state index in [1.807, 2.05) is 31.2 Å². The molecule has 0 aliphatic rings. The molecule has 0 saturated heterocycles. The van der Waals surface area contributed by atoms with Crippen LogP contribution in [0.1, 0.15) is 22.8 Å². The van der Waals surface area contributed by atoms with Crippen molar-refractivity contribution >= 4 is 40.2 Å². The van der Waals surface area contributed by atoms with Crippen LogP contribution < -0.4 is 5.32 Å². The monoisotopic (exact) mass is 409 g/mol. The summed E-state index contributed by atoms with van der Waals surface area (Å²) in [5, 5.41) is 2.73. The first-order valence-corrected chi connectivity index (χ1v) is 7.87. The molecule has 0 spiro atoms. The van der Waals surface area contributed by atoms with Crippen LogP contribution in [0, 0.1) is 10.5 Å². The Balaban J connectivity index is 1.98. The van der Waals surface area contributed by atoms with Crippen molar-refractivity contribution in [3.8, 4) is 0 Å². The molecule has 4 nitrogen and oxygen atoms in total. The summed E-state index contributed by atoms with van der Waals surface area (Å²) in [6.07, 6.45) is -0.870. The van der Waals surface area contributed by atoms with Gasteiger partial charge >= 0.3 is 5.97 Å². The molecule has 0 fully saturated rings. The van der Waals surface area contributed by atoms with Crippen LogP contribution in [0.5, 0.6) is 0 Å². The highest BCUT2D eigenvalue weighted by Gasteiger charge is 2.19. The number of aryl methyl sites for hydroxylation is 1. The highest BCUT2D eigenvalue weighted by Crippen LogP contribution is 2.12. The Morgan fingerprint density at radius 1 is 1.14 bits per heavy atom. The van der Waals surface area contributed by atoms with Crippen LogP contribution in [0.25, 0.3) is 0 Å². The Morgan fingerprint density at radius 3 is 2.55 bits per heavy atom. The number of nitrogens with one attached hydrogen (secondary N) is 1. The predicted octanol–water partition coefficient (Wildman–Crippen LogP) is 3.78. The summed E-state index contributed by atoms with van der Waals surface area (Å²) in [5.74, 6) is -0.866. The van der Waals surface area contributed by atoms with Gasteiger partial charge in [0.15, 0.2) is 6.10 Å². The van der Waals surface area contributed by atoms with Crippen LogP contribution in [0.2, 0.25) is 0 Å². The molecule has 0 aliphatic carbocycles. The first kappa shape index (κ1) is 16.5. The Bertz CT molecular complexity index is 700. The number of hydrogen-bond donors (Lipinski definition) is 1. The summed E-state index contributed by atoms with van der Waals surface area (Å²) in [4.78, 5) is 24.1. The molecule has 22 heavy (non-hydrogen) atoms. The second-order valence-electron chi connectivity index (χ2n) is 4.92. The quantitative estimate of drug-likeness (QED) is 0.618. The molecule has 0 aliphatic heterocycles. The lowest BCUT2D eigenvalue weighted by Gasteiger charge is -2.14. The van der Waals surface area contributed by atoms with Gasteiger partial charge in [-0.3, -0.25) is 4.79 Å². The van der Waals surface area contributed by atoms with Gasteiger partial charge in [-0.15, -0.1) is 0 Å². The Labute approximate surface area is 143 Å². The molecule has 2 aromatic carbocycles. The second kappa shape index (κ2) is 7.40. The van der Waals surface area contributed by atoms with Gasteiger partial charge in [0.2, 0.25) is 0 Å². The maximum atomic E-state index is 12.1. The highest BCUT2D eigenvalue weighted by molar-refractivity contribution is 14.1. The smallest absolute Gasteiger partial charge is 0.338 e. The lowest BCUT2D eigenvalue weighted by molar-refractivity contribution is -0.123. The minimum absolute atomic E-state index is 0.357. The van der Waals surface area contributed by atoms with Gasteiger partial charge in [0.05, 0.1) is 5.56 Å². The molecule has 1 N–H and O–H groups in total. The topological polar surface area (TPSA) is 55.4 Å². The van der Waals surface area contributed by atoms with Crippen LogP contribution >= 0.6 is 22.6 Å². The largest absolute Gasteiger partial charge is 0.449 e. The maximum absolute atomic E-state index is 12.1. The molecule has 0 bridgehead atoms. The van der Waals surface area contributed by atoms with Crippen molar-refractivity contribution in [3.63, 3.8) is 0 Å². The van der Waals surface area contributed by atoms with Crippen LogP contribution in [-0.4, -0.2) is 18.0 Å². The SMILES string of the molecule is Cc1cccc(NC(=O)[C@@H](C)OC(=O)c2cccc(I)c2)c1. The number of carbonyl (C=O) groups excluding carboxylic acids is 2. The van der Waals surface area contributed by atoms with Crippen molar-refractivity contribution in [2.75, 3.05) is 5.32 Å². The molecular weight excluding hydrogens is 393 g/mol. The van der Waals surface area contributed by atoms with Gasteiger partial charge in [0, 0.05) is 9.26 Å². The molecule has 0 radical (unpaired) electrons. The molecule has 5 heteroatoms. The molecule has 1 atom stereocenters. The van der Waals surface area contributed by atoms with E-state index in [-0.39, 0.29) is 5.91 Å². The van der Waals surface area contributed by atoms with Crippen LogP contribution in [-0.2, 0) is 9.53 Å². The Morgan fingerprint density at radius 2 is 1.86 bits per heavy atom. The standard InChI is InChI=1S/C17H16INO3/c1-11-5-3-8-15(9-11)19-16(20)12(2)22-17(21)13-6-4-7-14(18)10-13/h3-10,12H,1-2H3,(H,19,20)/t12-/m1/s1. The maximum Gasteiger partial charge on any atom is 0.338 e. The summed E-state index contributed by atoms with van der Waals surface area (Å²) in [5.41, 5.74) is 2.16. The summed E-state index contributed by atoms with van der Waals surface area (Å²) >= 11 is 2.12. The van der Waals surface area contributed by atoms with Crippen molar-refractivity contribution in [1.82, 2.24) is 0 Å². The number of carbonyl (C=O) groups is 2. The highest BCUT2D eigenvalue weighted by atomic mass is 127. The fourth-order valence-electron chi connectivity index (χ4n) is 1.86. The zero-order valence-electron chi connectivity index (χ0n) is 12.3. The number of halogens is 1. The van der Waals surface area contributed by atoms with Crippen molar-refractivity contribution < 1.29 is 14.3 Å².